The fraction of sp³-hybridized carbons (Fsp3) is 0.452. The zero-order chi connectivity index (χ0) is 29.9. The molecule has 224 valence electrons. The van der Waals surface area contributed by atoms with Crippen LogP contribution >= 0.6 is 0 Å². The first kappa shape index (κ1) is 30.7. The lowest BCUT2D eigenvalue weighted by atomic mass is 10.00. The highest BCUT2D eigenvalue weighted by Gasteiger charge is 2.40. The summed E-state index contributed by atoms with van der Waals surface area (Å²) in [6, 6.07) is 15.1. The zero-order valence-corrected chi connectivity index (χ0v) is 23.6. The minimum absolute atomic E-state index is 0.141. The van der Waals surface area contributed by atoms with Gasteiger partial charge in [0.25, 0.3) is 0 Å². The van der Waals surface area contributed by atoms with Gasteiger partial charge in [-0.3, -0.25) is 29.2 Å². The van der Waals surface area contributed by atoms with Crippen molar-refractivity contribution >= 4 is 29.5 Å². The SMILES string of the molecule is O=C(CCCCC[C@@H]1NC(=O)[C@H]2CCCN2C(=O)[C@H](Cc2ccccc2)NC(=O)[C@@H](Cc2ccccc2)NC1=O)NO. The van der Waals surface area contributed by atoms with Crippen molar-refractivity contribution in [2.75, 3.05) is 6.54 Å². The van der Waals surface area contributed by atoms with E-state index in [4.69, 9.17) is 5.21 Å². The van der Waals surface area contributed by atoms with Gasteiger partial charge in [-0.15, -0.1) is 0 Å². The molecule has 2 aromatic rings. The molecule has 5 amide bonds. The smallest absolute Gasteiger partial charge is 0.246 e. The van der Waals surface area contributed by atoms with Crippen LogP contribution in [0.4, 0.5) is 0 Å². The van der Waals surface area contributed by atoms with Crippen LogP contribution in [0.1, 0.15) is 56.1 Å². The van der Waals surface area contributed by atoms with E-state index in [1.807, 2.05) is 60.7 Å². The molecule has 2 aromatic carbocycles. The molecule has 2 heterocycles. The summed E-state index contributed by atoms with van der Waals surface area (Å²) in [6.07, 6.45) is 3.60. The number of hydrogen-bond acceptors (Lipinski definition) is 6. The van der Waals surface area contributed by atoms with Gasteiger partial charge in [0.2, 0.25) is 29.5 Å². The Morgan fingerprint density at radius 3 is 1.98 bits per heavy atom. The highest BCUT2D eigenvalue weighted by atomic mass is 16.5. The predicted molar refractivity (Wildman–Crippen MR) is 154 cm³/mol. The van der Waals surface area contributed by atoms with Gasteiger partial charge in [0.1, 0.15) is 24.2 Å². The Bertz CT molecular complexity index is 1240. The molecule has 0 saturated carbocycles. The average Bonchev–Trinajstić information content (AvgIpc) is 3.50. The summed E-state index contributed by atoms with van der Waals surface area (Å²) in [5.41, 5.74) is 3.29. The number of nitrogens with zero attached hydrogens (tertiary/aromatic N) is 1. The molecule has 0 radical (unpaired) electrons. The first-order valence-corrected chi connectivity index (χ1v) is 14.6. The topological polar surface area (TPSA) is 157 Å². The molecule has 0 aliphatic carbocycles. The van der Waals surface area contributed by atoms with E-state index in [1.165, 1.54) is 4.90 Å². The molecule has 4 rings (SSSR count). The summed E-state index contributed by atoms with van der Waals surface area (Å²) in [7, 11) is 0. The Balaban J connectivity index is 1.59. The van der Waals surface area contributed by atoms with E-state index in [1.54, 1.807) is 5.48 Å². The maximum atomic E-state index is 13.9. The van der Waals surface area contributed by atoms with Crippen LogP contribution in [-0.4, -0.2) is 70.4 Å². The van der Waals surface area contributed by atoms with Crippen molar-refractivity contribution in [2.45, 2.75) is 82.0 Å². The molecule has 2 aliphatic rings. The van der Waals surface area contributed by atoms with Gasteiger partial charge in [0, 0.05) is 25.8 Å². The summed E-state index contributed by atoms with van der Waals surface area (Å²) in [4.78, 5) is 67.5. The summed E-state index contributed by atoms with van der Waals surface area (Å²) < 4.78 is 0. The molecule has 11 nitrogen and oxygen atoms in total. The lowest BCUT2D eigenvalue weighted by molar-refractivity contribution is -0.143. The molecule has 42 heavy (non-hydrogen) atoms. The summed E-state index contributed by atoms with van der Waals surface area (Å²) in [5, 5.41) is 17.3. The number of carbonyl (C=O) groups excluding carboxylic acids is 5. The molecule has 4 atom stereocenters. The Morgan fingerprint density at radius 2 is 1.33 bits per heavy atom. The molecule has 0 aromatic heterocycles. The van der Waals surface area contributed by atoms with E-state index in [0.717, 1.165) is 11.1 Å². The first-order chi connectivity index (χ1) is 20.4. The summed E-state index contributed by atoms with van der Waals surface area (Å²) in [6.45, 7) is 0.384. The lowest BCUT2D eigenvalue weighted by Crippen LogP contribution is -2.61. The highest BCUT2D eigenvalue weighted by Crippen LogP contribution is 2.21. The van der Waals surface area contributed by atoms with Gasteiger partial charge >= 0.3 is 0 Å². The molecule has 2 saturated heterocycles. The number of benzene rings is 2. The molecular formula is C31H39N5O6. The normalized spacial score (nSPS) is 23.1. The van der Waals surface area contributed by atoms with Crippen LogP contribution in [-0.2, 0) is 36.8 Å². The Labute approximate surface area is 245 Å². The van der Waals surface area contributed by atoms with E-state index in [0.29, 0.717) is 38.6 Å². The highest BCUT2D eigenvalue weighted by molar-refractivity contribution is 5.98. The van der Waals surface area contributed by atoms with Crippen LogP contribution in [0.25, 0.3) is 0 Å². The predicted octanol–water partition coefficient (Wildman–Crippen LogP) is 1.39. The van der Waals surface area contributed by atoms with E-state index in [-0.39, 0.29) is 31.6 Å². The molecule has 2 fully saturated rings. The second-order valence-corrected chi connectivity index (χ2v) is 10.9. The summed E-state index contributed by atoms with van der Waals surface area (Å²) >= 11 is 0. The minimum atomic E-state index is -0.979. The van der Waals surface area contributed by atoms with Crippen molar-refractivity contribution in [2.24, 2.45) is 0 Å². The maximum Gasteiger partial charge on any atom is 0.246 e. The van der Waals surface area contributed by atoms with Crippen molar-refractivity contribution < 1.29 is 29.2 Å². The number of carbonyl (C=O) groups is 5. The van der Waals surface area contributed by atoms with Crippen LogP contribution in [0.15, 0.2) is 60.7 Å². The molecule has 5 N–H and O–H groups in total. The first-order valence-electron chi connectivity index (χ1n) is 14.6. The molecular weight excluding hydrogens is 538 g/mol. The minimum Gasteiger partial charge on any atom is -0.343 e. The van der Waals surface area contributed by atoms with E-state index >= 15 is 0 Å². The van der Waals surface area contributed by atoms with Crippen molar-refractivity contribution in [1.29, 1.82) is 0 Å². The van der Waals surface area contributed by atoms with Gasteiger partial charge in [-0.2, -0.15) is 0 Å². The quantitative estimate of drug-likeness (QED) is 0.163. The van der Waals surface area contributed by atoms with Crippen LogP contribution in [0.3, 0.4) is 0 Å². The number of amides is 5. The van der Waals surface area contributed by atoms with Crippen LogP contribution in [0.2, 0.25) is 0 Å². The molecule has 2 aliphatic heterocycles. The van der Waals surface area contributed by atoms with Gasteiger partial charge in [-0.1, -0.05) is 73.5 Å². The molecule has 0 unspecified atom stereocenters. The molecule has 11 heteroatoms. The van der Waals surface area contributed by atoms with E-state index in [9.17, 15) is 24.0 Å². The summed E-state index contributed by atoms with van der Waals surface area (Å²) in [5.74, 6) is -2.17. The van der Waals surface area contributed by atoms with Gasteiger partial charge in [0.15, 0.2) is 0 Å². The number of hydroxylamine groups is 1. The third-order valence-electron chi connectivity index (χ3n) is 7.81. The van der Waals surface area contributed by atoms with Crippen molar-refractivity contribution in [3.05, 3.63) is 71.8 Å². The second-order valence-electron chi connectivity index (χ2n) is 10.9. The van der Waals surface area contributed by atoms with Crippen LogP contribution < -0.4 is 21.4 Å². The molecule has 0 bridgehead atoms. The largest absolute Gasteiger partial charge is 0.343 e. The van der Waals surface area contributed by atoms with Gasteiger partial charge in [0.05, 0.1) is 0 Å². The van der Waals surface area contributed by atoms with Gasteiger partial charge in [-0.25, -0.2) is 5.48 Å². The maximum absolute atomic E-state index is 13.9. The third-order valence-corrected chi connectivity index (χ3v) is 7.81. The van der Waals surface area contributed by atoms with Gasteiger partial charge < -0.3 is 20.9 Å². The third kappa shape index (κ3) is 8.39. The van der Waals surface area contributed by atoms with Crippen LogP contribution in [0, 0.1) is 0 Å². The lowest BCUT2D eigenvalue weighted by Gasteiger charge is -2.32. The number of unbranched alkanes of at least 4 members (excludes halogenated alkanes) is 2. The number of hydrogen-bond donors (Lipinski definition) is 5. The Hall–Kier alpha value is -4.25. The van der Waals surface area contributed by atoms with Crippen molar-refractivity contribution in [1.82, 2.24) is 26.3 Å². The van der Waals surface area contributed by atoms with Crippen LogP contribution in [0.5, 0.6) is 0 Å². The zero-order valence-electron chi connectivity index (χ0n) is 23.6. The number of rotatable bonds is 10. The fourth-order valence-electron chi connectivity index (χ4n) is 5.56. The van der Waals surface area contributed by atoms with Crippen molar-refractivity contribution in [3.63, 3.8) is 0 Å². The standard InChI is InChI=1S/C31H39N5O6/c37-27(35-42)17-9-3-8-15-23-28(38)33-24(19-21-11-4-1-5-12-21)29(39)34-25(20-22-13-6-2-7-14-22)31(41)36-18-10-16-26(36)30(40)32-23/h1-2,4-7,11-14,23-26,42H,3,8-10,15-20H2,(H,32,40)(H,33,38)(H,34,39)(H,35,37)/t23-,24+,25-,26+/m0/s1. The number of fused-ring (bicyclic) bond motifs is 1. The fourth-order valence-corrected chi connectivity index (χ4v) is 5.56. The van der Waals surface area contributed by atoms with E-state index in [2.05, 4.69) is 16.0 Å². The molecule has 0 spiro atoms. The Kier molecular flexibility index (Phi) is 11.0. The number of nitrogens with one attached hydrogen (secondary N) is 4. The monoisotopic (exact) mass is 577 g/mol. The Morgan fingerprint density at radius 1 is 0.762 bits per heavy atom. The van der Waals surface area contributed by atoms with E-state index < -0.39 is 47.8 Å². The average molecular weight is 578 g/mol. The second kappa shape index (κ2) is 15.1. The van der Waals surface area contributed by atoms with Gasteiger partial charge in [-0.05, 0) is 36.8 Å². The van der Waals surface area contributed by atoms with Crippen molar-refractivity contribution in [3.8, 4) is 0 Å².